The van der Waals surface area contributed by atoms with Crippen LogP contribution in [0.3, 0.4) is 0 Å². The van der Waals surface area contributed by atoms with E-state index in [-0.39, 0.29) is 11.8 Å². The van der Waals surface area contributed by atoms with E-state index in [0.29, 0.717) is 5.56 Å². The number of hydrogen-bond acceptors (Lipinski definition) is 2. The minimum Gasteiger partial charge on any atom is -0.341 e. The van der Waals surface area contributed by atoms with Crippen molar-refractivity contribution in [1.82, 2.24) is 10.2 Å². The first-order chi connectivity index (χ1) is 9.97. The Balaban J connectivity index is 1.99. The van der Waals surface area contributed by atoms with Crippen LogP contribution in [0.15, 0.2) is 22.7 Å². The van der Waals surface area contributed by atoms with E-state index in [4.69, 9.17) is 0 Å². The molecular weight excluding hydrogens is 332 g/mol. The first-order valence-corrected chi connectivity index (χ1v) is 8.13. The average molecular weight is 353 g/mol. The summed E-state index contributed by atoms with van der Waals surface area (Å²) in [7, 11) is 0. The number of halogens is 1. The van der Waals surface area contributed by atoms with Crippen molar-refractivity contribution in [2.75, 3.05) is 13.1 Å². The maximum atomic E-state index is 12.3. The molecule has 5 heteroatoms. The highest BCUT2D eigenvalue weighted by Gasteiger charge is 2.23. The monoisotopic (exact) mass is 352 g/mol. The van der Waals surface area contributed by atoms with Crippen LogP contribution in [0.4, 0.5) is 0 Å². The Kier molecular flexibility index (Phi) is 5.39. The van der Waals surface area contributed by atoms with Crippen molar-refractivity contribution in [1.29, 1.82) is 0 Å². The zero-order valence-corrected chi connectivity index (χ0v) is 14.1. The van der Waals surface area contributed by atoms with Crippen LogP contribution >= 0.6 is 15.9 Å². The van der Waals surface area contributed by atoms with Gasteiger partial charge in [0.25, 0.3) is 5.91 Å². The lowest BCUT2D eigenvalue weighted by molar-refractivity contribution is -0.133. The molecule has 1 aromatic carbocycles. The Morgan fingerprint density at radius 1 is 1.19 bits per heavy atom. The van der Waals surface area contributed by atoms with Crippen LogP contribution in [0.25, 0.3) is 0 Å². The Labute approximate surface area is 134 Å². The van der Waals surface area contributed by atoms with Gasteiger partial charge in [-0.3, -0.25) is 9.59 Å². The fraction of sp³-hybridized carbons (Fsp3) is 0.500. The Hall–Kier alpha value is -1.36. The third-order valence-electron chi connectivity index (χ3n) is 3.69. The molecule has 1 heterocycles. The molecule has 1 atom stereocenters. The van der Waals surface area contributed by atoms with Crippen molar-refractivity contribution in [2.24, 2.45) is 0 Å². The van der Waals surface area contributed by atoms with Gasteiger partial charge in [0.1, 0.15) is 6.04 Å². The van der Waals surface area contributed by atoms with Gasteiger partial charge in [-0.15, -0.1) is 0 Å². The van der Waals surface area contributed by atoms with Crippen molar-refractivity contribution < 1.29 is 9.59 Å². The van der Waals surface area contributed by atoms with Gasteiger partial charge in [0, 0.05) is 23.1 Å². The number of nitrogens with one attached hydrogen (secondary N) is 1. The van der Waals surface area contributed by atoms with E-state index in [1.165, 1.54) is 6.42 Å². The third kappa shape index (κ3) is 4.30. The van der Waals surface area contributed by atoms with Gasteiger partial charge < -0.3 is 10.2 Å². The summed E-state index contributed by atoms with van der Waals surface area (Å²) >= 11 is 3.38. The SMILES string of the molecule is Cc1cc(Br)cc(C(=O)NC(C)C(=O)N2CCCCC2)c1. The molecule has 1 aliphatic heterocycles. The molecule has 0 radical (unpaired) electrons. The molecule has 0 aliphatic carbocycles. The van der Waals surface area contributed by atoms with Crippen LogP contribution in [0, 0.1) is 6.92 Å². The summed E-state index contributed by atoms with van der Waals surface area (Å²) < 4.78 is 0.864. The summed E-state index contributed by atoms with van der Waals surface area (Å²) in [5.41, 5.74) is 1.57. The highest BCUT2D eigenvalue weighted by molar-refractivity contribution is 9.10. The highest BCUT2D eigenvalue weighted by Crippen LogP contribution is 2.16. The molecular formula is C16H21BrN2O2. The van der Waals surface area contributed by atoms with E-state index in [1.54, 1.807) is 13.0 Å². The van der Waals surface area contributed by atoms with Gasteiger partial charge in [-0.25, -0.2) is 0 Å². The topological polar surface area (TPSA) is 49.4 Å². The molecule has 0 saturated carbocycles. The predicted molar refractivity (Wildman–Crippen MR) is 86.2 cm³/mol. The normalized spacial score (nSPS) is 16.4. The zero-order valence-electron chi connectivity index (χ0n) is 12.5. The molecule has 4 nitrogen and oxygen atoms in total. The van der Waals surface area contributed by atoms with Crippen LogP contribution in [0.5, 0.6) is 0 Å². The van der Waals surface area contributed by atoms with Gasteiger partial charge in [0.2, 0.25) is 5.91 Å². The van der Waals surface area contributed by atoms with Crippen molar-refractivity contribution in [3.63, 3.8) is 0 Å². The van der Waals surface area contributed by atoms with Crippen molar-refractivity contribution in [3.05, 3.63) is 33.8 Å². The second kappa shape index (κ2) is 7.07. The summed E-state index contributed by atoms with van der Waals surface area (Å²) in [6.45, 7) is 5.29. The predicted octanol–water partition coefficient (Wildman–Crippen LogP) is 2.89. The number of aryl methyl sites for hydroxylation is 1. The van der Waals surface area contributed by atoms with Crippen LogP contribution in [-0.2, 0) is 4.79 Å². The fourth-order valence-electron chi connectivity index (χ4n) is 2.60. The first kappa shape index (κ1) is 16.0. The maximum absolute atomic E-state index is 12.3. The molecule has 1 unspecified atom stereocenters. The van der Waals surface area contributed by atoms with E-state index in [1.807, 2.05) is 24.0 Å². The summed E-state index contributed by atoms with van der Waals surface area (Å²) in [4.78, 5) is 26.4. The number of carbonyl (C=O) groups excluding carboxylic acids is 2. The minimum atomic E-state index is -0.491. The standard InChI is InChI=1S/C16H21BrN2O2/c1-11-8-13(10-14(17)9-11)15(20)18-12(2)16(21)19-6-4-3-5-7-19/h8-10,12H,3-7H2,1-2H3,(H,18,20). The smallest absolute Gasteiger partial charge is 0.251 e. The largest absolute Gasteiger partial charge is 0.341 e. The molecule has 1 aromatic rings. The second-order valence-corrected chi connectivity index (χ2v) is 6.51. The molecule has 0 aromatic heterocycles. The number of nitrogens with zero attached hydrogens (tertiary/aromatic N) is 1. The summed E-state index contributed by atoms with van der Waals surface area (Å²) in [5.74, 6) is -0.202. The number of benzene rings is 1. The van der Waals surface area contributed by atoms with Crippen molar-refractivity contribution in [3.8, 4) is 0 Å². The third-order valence-corrected chi connectivity index (χ3v) is 4.15. The lowest BCUT2D eigenvalue weighted by atomic mass is 10.1. The van der Waals surface area contributed by atoms with Crippen molar-refractivity contribution >= 4 is 27.7 Å². The van der Waals surface area contributed by atoms with E-state index >= 15 is 0 Å². The summed E-state index contributed by atoms with van der Waals surface area (Å²) in [5, 5.41) is 2.80. The first-order valence-electron chi connectivity index (χ1n) is 7.34. The zero-order chi connectivity index (χ0) is 15.4. The molecule has 0 bridgehead atoms. The van der Waals surface area contributed by atoms with Gasteiger partial charge in [-0.2, -0.15) is 0 Å². The molecule has 2 rings (SSSR count). The molecule has 1 fully saturated rings. The Morgan fingerprint density at radius 2 is 1.86 bits per heavy atom. The number of likely N-dealkylation sites (tertiary alicyclic amines) is 1. The fourth-order valence-corrected chi connectivity index (χ4v) is 3.21. The number of piperidine rings is 1. The number of rotatable bonds is 3. The molecule has 1 N–H and O–H groups in total. The average Bonchev–Trinajstić information content (AvgIpc) is 2.46. The summed E-state index contributed by atoms with van der Waals surface area (Å²) in [6.07, 6.45) is 3.29. The molecule has 2 amide bonds. The van der Waals surface area contributed by atoms with Crippen LogP contribution in [0.1, 0.15) is 42.1 Å². The number of hydrogen-bond donors (Lipinski definition) is 1. The van der Waals surface area contributed by atoms with E-state index in [0.717, 1.165) is 36.0 Å². The van der Waals surface area contributed by atoms with Gasteiger partial charge >= 0.3 is 0 Å². The highest BCUT2D eigenvalue weighted by atomic mass is 79.9. The Bertz CT molecular complexity index is 519. The van der Waals surface area contributed by atoms with E-state index in [2.05, 4.69) is 21.2 Å². The van der Waals surface area contributed by atoms with Crippen molar-refractivity contribution in [2.45, 2.75) is 39.2 Å². The maximum Gasteiger partial charge on any atom is 0.251 e. The van der Waals surface area contributed by atoms with Gasteiger partial charge in [0.05, 0.1) is 0 Å². The van der Waals surface area contributed by atoms with Gasteiger partial charge in [0.15, 0.2) is 0 Å². The van der Waals surface area contributed by atoms with E-state index < -0.39 is 6.04 Å². The minimum absolute atomic E-state index is 0.00905. The van der Waals surface area contributed by atoms with Crippen LogP contribution in [0.2, 0.25) is 0 Å². The number of amides is 2. The van der Waals surface area contributed by atoms with Gasteiger partial charge in [-0.05, 0) is 56.9 Å². The lowest BCUT2D eigenvalue weighted by Crippen LogP contribution is -2.48. The Morgan fingerprint density at radius 3 is 2.48 bits per heavy atom. The molecule has 21 heavy (non-hydrogen) atoms. The van der Waals surface area contributed by atoms with Gasteiger partial charge in [-0.1, -0.05) is 15.9 Å². The lowest BCUT2D eigenvalue weighted by Gasteiger charge is -2.29. The van der Waals surface area contributed by atoms with Crippen LogP contribution in [-0.4, -0.2) is 35.8 Å². The summed E-state index contributed by atoms with van der Waals surface area (Å²) in [6, 6.07) is 5.03. The quantitative estimate of drug-likeness (QED) is 0.909. The van der Waals surface area contributed by atoms with E-state index in [9.17, 15) is 9.59 Å². The molecule has 1 aliphatic rings. The molecule has 1 saturated heterocycles. The molecule has 0 spiro atoms. The van der Waals surface area contributed by atoms with Crippen LogP contribution < -0.4 is 5.32 Å². The second-order valence-electron chi connectivity index (χ2n) is 5.60. The number of carbonyl (C=O) groups is 2. The molecule has 114 valence electrons.